The molecule has 14 nitrogen and oxygen atoms in total. The van der Waals surface area contributed by atoms with Gasteiger partial charge in [-0.15, -0.1) is 0 Å². The highest BCUT2D eigenvalue weighted by molar-refractivity contribution is 5.94. The highest BCUT2D eigenvalue weighted by Crippen LogP contribution is 2.25. The van der Waals surface area contributed by atoms with E-state index in [1.54, 1.807) is 24.3 Å². The van der Waals surface area contributed by atoms with E-state index in [1.165, 1.54) is 4.90 Å². The fourth-order valence-corrected chi connectivity index (χ4v) is 3.53. The first-order valence-electron chi connectivity index (χ1n) is 10.5. The molecule has 1 aromatic carbocycles. The zero-order valence-electron chi connectivity index (χ0n) is 18.1. The number of benzene rings is 1. The van der Waals surface area contributed by atoms with Gasteiger partial charge in [0.05, 0.1) is 18.4 Å². The summed E-state index contributed by atoms with van der Waals surface area (Å²) in [7, 11) is 0. The first-order chi connectivity index (χ1) is 16.2. The molecule has 14 heteroatoms. The number of H-pyrrole nitrogens is 1. The molecular weight excluding hydrogens is 448 g/mol. The molecule has 34 heavy (non-hydrogen) atoms. The fourth-order valence-electron chi connectivity index (χ4n) is 3.53. The van der Waals surface area contributed by atoms with E-state index >= 15 is 0 Å². The molecule has 11 N–H and O–H groups in total. The molecule has 0 fully saturated rings. The van der Waals surface area contributed by atoms with Gasteiger partial charge in [0, 0.05) is 30.8 Å². The molecule has 1 aliphatic heterocycles. The second-order valence-corrected chi connectivity index (χ2v) is 7.73. The smallest absolute Gasteiger partial charge is 0.278 e. The van der Waals surface area contributed by atoms with E-state index in [0.717, 1.165) is 6.34 Å². The lowest BCUT2D eigenvalue weighted by molar-refractivity contribution is -0.0817. The average molecular weight is 476 g/mol. The summed E-state index contributed by atoms with van der Waals surface area (Å²) in [6, 6.07) is 5.05. The Balaban J connectivity index is 1.61. The number of nitrogen functional groups attached to an aromatic ring is 1. The van der Waals surface area contributed by atoms with Crippen LogP contribution in [0.2, 0.25) is 0 Å². The van der Waals surface area contributed by atoms with Gasteiger partial charge in [0.1, 0.15) is 0 Å². The van der Waals surface area contributed by atoms with Crippen LogP contribution in [-0.2, 0) is 0 Å². The lowest BCUT2D eigenvalue weighted by Gasteiger charge is -2.35. The number of hydrogen-bond donors (Lipinski definition) is 10. The molecule has 0 saturated heterocycles. The molecule has 2 aromatic rings. The van der Waals surface area contributed by atoms with Crippen LogP contribution in [-0.4, -0.2) is 80.4 Å². The van der Waals surface area contributed by atoms with E-state index in [0.29, 0.717) is 24.6 Å². The van der Waals surface area contributed by atoms with E-state index in [4.69, 9.17) is 21.4 Å². The lowest BCUT2D eigenvalue weighted by Crippen LogP contribution is -2.49. The van der Waals surface area contributed by atoms with Crippen molar-refractivity contribution in [3.8, 4) is 0 Å². The molecule has 0 bridgehead atoms. The number of carbonyl (C=O) groups is 1. The molecule has 0 spiro atoms. The number of aromatic amines is 1. The number of amides is 1. The van der Waals surface area contributed by atoms with Gasteiger partial charge >= 0.3 is 0 Å². The Morgan fingerprint density at radius 2 is 1.97 bits per heavy atom. The predicted molar refractivity (Wildman–Crippen MR) is 125 cm³/mol. The van der Waals surface area contributed by atoms with Crippen LogP contribution in [0.5, 0.6) is 0 Å². The number of rotatable bonds is 10. The Kier molecular flexibility index (Phi) is 8.01. The summed E-state index contributed by atoms with van der Waals surface area (Å²) >= 11 is 0. The number of nitrogens with two attached hydrogens (primary N) is 1. The summed E-state index contributed by atoms with van der Waals surface area (Å²) in [6.45, 7) is 0.763. The van der Waals surface area contributed by atoms with Gasteiger partial charge in [0.15, 0.2) is 24.1 Å². The quantitative estimate of drug-likeness (QED) is 0.104. The van der Waals surface area contributed by atoms with Gasteiger partial charge in [-0.1, -0.05) is 0 Å². The molecule has 0 aliphatic carbocycles. The third kappa shape index (κ3) is 5.99. The van der Waals surface area contributed by atoms with E-state index in [9.17, 15) is 19.8 Å². The summed E-state index contributed by atoms with van der Waals surface area (Å²) in [5.41, 5.74) is 6.26. The van der Waals surface area contributed by atoms with Crippen LogP contribution in [0.3, 0.4) is 0 Å². The second kappa shape index (κ2) is 10.9. The monoisotopic (exact) mass is 476 g/mol. The summed E-state index contributed by atoms with van der Waals surface area (Å²) in [5.74, 6) is -0.269. The Morgan fingerprint density at radius 1 is 1.26 bits per heavy atom. The molecule has 2 heterocycles. The van der Waals surface area contributed by atoms with Gasteiger partial charge in [-0.05, 0) is 30.7 Å². The van der Waals surface area contributed by atoms with Crippen LogP contribution < -0.4 is 32.1 Å². The van der Waals surface area contributed by atoms with Crippen molar-refractivity contribution in [3.63, 3.8) is 0 Å². The summed E-state index contributed by atoms with van der Waals surface area (Å²) in [5, 5.41) is 53.1. The normalized spacial score (nSPS) is 16.1. The van der Waals surface area contributed by atoms with Crippen LogP contribution in [0.15, 0.2) is 29.1 Å². The van der Waals surface area contributed by atoms with Crippen LogP contribution in [0, 0.1) is 5.41 Å². The Bertz CT molecular complexity index is 1060. The first-order valence-corrected chi connectivity index (χ1v) is 10.5. The number of aliphatic hydroxyl groups is 4. The van der Waals surface area contributed by atoms with Crippen molar-refractivity contribution in [1.29, 1.82) is 5.41 Å². The van der Waals surface area contributed by atoms with Gasteiger partial charge in [0.25, 0.3) is 11.5 Å². The maximum atomic E-state index is 12.4. The number of anilines is 4. The van der Waals surface area contributed by atoms with Gasteiger partial charge in [-0.2, -0.15) is 4.98 Å². The SMILES string of the molecule is N=CN1c2c(nc(N)[nH]c2=O)NC[C@@H]1CNc1ccc(C(=O)NC(CCC(O)O)C(O)O)cc1. The third-order valence-corrected chi connectivity index (χ3v) is 5.31. The van der Waals surface area contributed by atoms with Crippen molar-refractivity contribution in [2.45, 2.75) is 37.5 Å². The maximum absolute atomic E-state index is 12.4. The number of aliphatic hydroxyl groups excluding tert-OH is 2. The maximum Gasteiger partial charge on any atom is 0.278 e. The molecule has 1 aliphatic rings. The van der Waals surface area contributed by atoms with Crippen molar-refractivity contribution in [1.82, 2.24) is 15.3 Å². The molecule has 1 amide bonds. The second-order valence-electron chi connectivity index (χ2n) is 7.73. The minimum atomic E-state index is -1.85. The average Bonchev–Trinajstić information content (AvgIpc) is 2.79. The number of fused-ring (bicyclic) bond motifs is 1. The topological polar surface area (TPSA) is 233 Å². The Hall–Kier alpha value is -3.72. The van der Waals surface area contributed by atoms with Gasteiger partial charge in [0.2, 0.25) is 5.95 Å². The number of nitrogens with one attached hydrogen (secondary N) is 5. The number of nitrogens with zero attached hydrogens (tertiary/aromatic N) is 2. The fraction of sp³-hybridized carbons (Fsp3) is 0.400. The molecule has 0 saturated carbocycles. The van der Waals surface area contributed by atoms with Crippen molar-refractivity contribution in [2.75, 3.05) is 34.4 Å². The lowest BCUT2D eigenvalue weighted by atomic mass is 10.1. The zero-order valence-corrected chi connectivity index (χ0v) is 18.1. The summed E-state index contributed by atoms with van der Waals surface area (Å²) in [4.78, 5) is 32.7. The predicted octanol–water partition coefficient (Wildman–Crippen LogP) is -1.83. The number of carbonyl (C=O) groups excluding carboxylic acids is 1. The summed E-state index contributed by atoms with van der Waals surface area (Å²) < 4.78 is 0. The van der Waals surface area contributed by atoms with Crippen LogP contribution >= 0.6 is 0 Å². The highest BCUT2D eigenvalue weighted by atomic mass is 16.5. The van der Waals surface area contributed by atoms with E-state index in [-0.39, 0.29) is 36.1 Å². The number of hydrogen-bond acceptors (Lipinski definition) is 11. The van der Waals surface area contributed by atoms with E-state index < -0.39 is 30.1 Å². The standard InChI is InChI=1S/C20H28N8O6/c21-9-28-12(8-24-16-15(28)18(32)27-20(22)26-16)7-23-11-3-1-10(2-4-11)17(31)25-13(19(33)34)5-6-14(29)30/h1-4,9,12-14,19,21,23,29-30,33-34H,5-8H2,(H,25,31)(H4,22,24,26,27,32)/t12-,13?/m0/s1. The van der Waals surface area contributed by atoms with Crippen molar-refractivity contribution in [2.24, 2.45) is 0 Å². The van der Waals surface area contributed by atoms with Gasteiger partial charge < -0.3 is 47.0 Å². The van der Waals surface area contributed by atoms with Crippen molar-refractivity contribution < 1.29 is 25.2 Å². The Morgan fingerprint density at radius 3 is 2.59 bits per heavy atom. The molecule has 0 radical (unpaired) electrons. The first kappa shape index (κ1) is 24.9. The highest BCUT2D eigenvalue weighted by Gasteiger charge is 2.29. The van der Waals surface area contributed by atoms with Crippen LogP contribution in [0.1, 0.15) is 23.2 Å². The zero-order chi connectivity index (χ0) is 24.8. The molecule has 184 valence electrons. The molecule has 1 aromatic heterocycles. The van der Waals surface area contributed by atoms with Gasteiger partial charge in [-0.25, -0.2) is 0 Å². The molecule has 1 unspecified atom stereocenters. The summed E-state index contributed by atoms with van der Waals surface area (Å²) in [6.07, 6.45) is -2.59. The Labute approximate surface area is 194 Å². The number of aromatic nitrogens is 2. The van der Waals surface area contributed by atoms with E-state index in [1.807, 2.05) is 0 Å². The van der Waals surface area contributed by atoms with Gasteiger partial charge in [-0.3, -0.25) is 20.0 Å². The molecular formula is C20H28N8O6. The van der Waals surface area contributed by atoms with Crippen LogP contribution in [0.4, 0.5) is 23.1 Å². The minimum Gasteiger partial charge on any atom is -0.383 e. The molecule has 2 atom stereocenters. The largest absolute Gasteiger partial charge is 0.383 e. The third-order valence-electron chi connectivity index (χ3n) is 5.31. The molecule has 3 rings (SSSR count). The van der Waals surface area contributed by atoms with Crippen molar-refractivity contribution >= 4 is 35.4 Å². The minimum absolute atomic E-state index is 0.0207. The van der Waals surface area contributed by atoms with Crippen molar-refractivity contribution in [3.05, 3.63) is 40.2 Å². The van der Waals surface area contributed by atoms with Crippen LogP contribution in [0.25, 0.3) is 0 Å². The van der Waals surface area contributed by atoms with E-state index in [2.05, 4.69) is 25.9 Å².